The Labute approximate surface area is 209 Å². The maximum absolute atomic E-state index is 13.1. The van der Waals surface area contributed by atoms with Crippen LogP contribution in [0.1, 0.15) is 43.0 Å². The summed E-state index contributed by atoms with van der Waals surface area (Å²) in [7, 11) is 0. The maximum Gasteiger partial charge on any atom is 0.335 e. The van der Waals surface area contributed by atoms with Crippen LogP contribution in [0.5, 0.6) is 5.75 Å². The van der Waals surface area contributed by atoms with Crippen LogP contribution in [0.4, 0.5) is 10.5 Å². The van der Waals surface area contributed by atoms with E-state index >= 15 is 0 Å². The van der Waals surface area contributed by atoms with E-state index in [-0.39, 0.29) is 17.6 Å². The van der Waals surface area contributed by atoms with Crippen molar-refractivity contribution in [3.8, 4) is 11.8 Å². The van der Waals surface area contributed by atoms with E-state index in [9.17, 15) is 19.6 Å². The second-order valence-electron chi connectivity index (χ2n) is 9.38. The van der Waals surface area contributed by atoms with Gasteiger partial charge in [0.15, 0.2) is 0 Å². The fraction of sp³-hybridized carbons (Fsp3) is 0.172. The summed E-state index contributed by atoms with van der Waals surface area (Å²) in [5.41, 5.74) is 3.13. The van der Waals surface area contributed by atoms with Crippen LogP contribution in [0, 0.1) is 11.3 Å². The molecule has 0 spiro atoms. The van der Waals surface area contributed by atoms with Gasteiger partial charge in [0, 0.05) is 5.56 Å². The Hall–Kier alpha value is -4.70. The van der Waals surface area contributed by atoms with Crippen LogP contribution >= 0.6 is 0 Å². The van der Waals surface area contributed by atoms with Gasteiger partial charge < -0.3 is 4.74 Å². The zero-order valence-corrected chi connectivity index (χ0v) is 20.2. The Morgan fingerprint density at radius 2 is 1.61 bits per heavy atom. The van der Waals surface area contributed by atoms with E-state index in [4.69, 9.17) is 4.74 Å². The van der Waals surface area contributed by atoms with Crippen molar-refractivity contribution < 1.29 is 19.1 Å². The van der Waals surface area contributed by atoms with E-state index in [1.54, 1.807) is 48.5 Å². The molecule has 1 N–H and O–H groups in total. The molecule has 180 valence electrons. The third-order valence-corrected chi connectivity index (χ3v) is 5.82. The first-order chi connectivity index (χ1) is 17.2. The molecule has 0 aliphatic carbocycles. The minimum Gasteiger partial charge on any atom is -0.489 e. The lowest BCUT2D eigenvalue weighted by molar-refractivity contribution is -0.122. The highest BCUT2D eigenvalue weighted by atomic mass is 16.5. The van der Waals surface area contributed by atoms with Crippen LogP contribution in [-0.2, 0) is 21.6 Å². The van der Waals surface area contributed by atoms with Crippen LogP contribution in [0.15, 0.2) is 78.4 Å². The summed E-state index contributed by atoms with van der Waals surface area (Å²) in [5.74, 6) is -0.873. The normalized spacial score (nSPS) is 15.0. The number of benzene rings is 3. The molecule has 1 aliphatic heterocycles. The van der Waals surface area contributed by atoms with Gasteiger partial charge in [-0.3, -0.25) is 14.9 Å². The standard InChI is InChI=1S/C29H25N3O4/c1-29(2,3)22-10-12-23(13-11-22)32-27(34)25(26(33)31-28(32)35)16-19-8-14-24(15-9-19)36-18-21-7-5-4-6-20(21)17-30/h4-16H,18H2,1-3H3,(H,31,33,35)/b25-16+. The van der Waals surface area contributed by atoms with E-state index in [0.29, 0.717) is 22.6 Å². The molecule has 7 nitrogen and oxygen atoms in total. The average molecular weight is 480 g/mol. The van der Waals surface area contributed by atoms with Gasteiger partial charge in [0.25, 0.3) is 11.8 Å². The molecule has 3 aromatic rings. The predicted octanol–water partition coefficient (Wildman–Crippen LogP) is 5.10. The van der Waals surface area contributed by atoms with E-state index in [1.165, 1.54) is 6.08 Å². The van der Waals surface area contributed by atoms with E-state index in [1.807, 2.05) is 24.3 Å². The fourth-order valence-corrected chi connectivity index (χ4v) is 3.75. The number of ether oxygens (including phenoxy) is 1. The minimum atomic E-state index is -0.785. The van der Waals surface area contributed by atoms with Gasteiger partial charge in [0.1, 0.15) is 17.9 Å². The predicted molar refractivity (Wildman–Crippen MR) is 136 cm³/mol. The van der Waals surface area contributed by atoms with Crippen molar-refractivity contribution in [3.63, 3.8) is 0 Å². The van der Waals surface area contributed by atoms with Crippen molar-refractivity contribution >= 4 is 29.6 Å². The maximum atomic E-state index is 13.1. The van der Waals surface area contributed by atoms with Gasteiger partial charge in [-0.2, -0.15) is 5.26 Å². The first-order valence-electron chi connectivity index (χ1n) is 11.4. The quantitative estimate of drug-likeness (QED) is 0.405. The van der Waals surface area contributed by atoms with E-state index in [0.717, 1.165) is 16.0 Å². The molecule has 0 atom stereocenters. The topological polar surface area (TPSA) is 99.5 Å². The molecule has 0 saturated carbocycles. The van der Waals surface area contributed by atoms with E-state index < -0.39 is 17.8 Å². The van der Waals surface area contributed by atoms with Crippen LogP contribution in [0.2, 0.25) is 0 Å². The van der Waals surface area contributed by atoms with Crippen LogP contribution in [0.25, 0.3) is 6.08 Å². The fourth-order valence-electron chi connectivity index (χ4n) is 3.75. The minimum absolute atomic E-state index is 0.0806. The lowest BCUT2D eigenvalue weighted by Crippen LogP contribution is -2.54. The van der Waals surface area contributed by atoms with Crippen molar-refractivity contribution in [1.82, 2.24) is 5.32 Å². The molecule has 0 radical (unpaired) electrons. The summed E-state index contributed by atoms with van der Waals surface area (Å²) < 4.78 is 5.77. The molecule has 1 heterocycles. The number of hydrogen-bond donors (Lipinski definition) is 1. The molecule has 4 amide bonds. The van der Waals surface area contributed by atoms with Crippen molar-refractivity contribution in [1.29, 1.82) is 5.26 Å². The molecular formula is C29H25N3O4. The number of carbonyl (C=O) groups is 3. The molecule has 3 aromatic carbocycles. The molecule has 1 fully saturated rings. The second kappa shape index (κ2) is 9.88. The number of amides is 4. The Balaban J connectivity index is 1.52. The van der Waals surface area contributed by atoms with Gasteiger partial charge >= 0.3 is 6.03 Å². The molecule has 0 aromatic heterocycles. The van der Waals surface area contributed by atoms with Gasteiger partial charge in [-0.05, 0) is 52.9 Å². The number of nitrogens with one attached hydrogen (secondary N) is 1. The van der Waals surface area contributed by atoms with Gasteiger partial charge in [-0.15, -0.1) is 0 Å². The molecule has 7 heteroatoms. The molecule has 4 rings (SSSR count). The Morgan fingerprint density at radius 1 is 0.944 bits per heavy atom. The molecule has 0 bridgehead atoms. The Morgan fingerprint density at radius 3 is 2.25 bits per heavy atom. The highest BCUT2D eigenvalue weighted by molar-refractivity contribution is 6.39. The smallest absolute Gasteiger partial charge is 0.335 e. The van der Waals surface area contributed by atoms with Crippen LogP contribution < -0.4 is 15.0 Å². The van der Waals surface area contributed by atoms with Crippen LogP contribution in [0.3, 0.4) is 0 Å². The van der Waals surface area contributed by atoms with Crippen molar-refractivity contribution in [2.45, 2.75) is 32.8 Å². The zero-order valence-electron chi connectivity index (χ0n) is 20.2. The van der Waals surface area contributed by atoms with Crippen molar-refractivity contribution in [3.05, 3.63) is 101 Å². The van der Waals surface area contributed by atoms with Crippen molar-refractivity contribution in [2.75, 3.05) is 4.90 Å². The zero-order chi connectivity index (χ0) is 25.9. The number of barbiturate groups is 1. The van der Waals surface area contributed by atoms with Crippen molar-refractivity contribution in [2.24, 2.45) is 0 Å². The van der Waals surface area contributed by atoms with Gasteiger partial charge in [-0.1, -0.05) is 63.2 Å². The summed E-state index contributed by atoms with van der Waals surface area (Å²) in [6.07, 6.45) is 1.44. The first kappa shape index (κ1) is 24.4. The number of rotatable bonds is 5. The largest absolute Gasteiger partial charge is 0.489 e. The lowest BCUT2D eigenvalue weighted by atomic mass is 9.87. The van der Waals surface area contributed by atoms with Gasteiger partial charge in [-0.25, -0.2) is 9.69 Å². The van der Waals surface area contributed by atoms with E-state index in [2.05, 4.69) is 32.2 Å². The number of imide groups is 2. The average Bonchev–Trinajstić information content (AvgIpc) is 2.86. The molecule has 1 saturated heterocycles. The molecular weight excluding hydrogens is 454 g/mol. The number of hydrogen-bond acceptors (Lipinski definition) is 5. The Kier molecular flexibility index (Phi) is 6.71. The third-order valence-electron chi connectivity index (χ3n) is 5.82. The highest BCUT2D eigenvalue weighted by Gasteiger charge is 2.36. The third kappa shape index (κ3) is 5.18. The second-order valence-corrected chi connectivity index (χ2v) is 9.38. The monoisotopic (exact) mass is 479 g/mol. The molecule has 36 heavy (non-hydrogen) atoms. The SMILES string of the molecule is CC(C)(C)c1ccc(N2C(=O)NC(=O)/C(=C\c3ccc(OCc4ccccc4C#N)cc3)C2=O)cc1. The highest BCUT2D eigenvalue weighted by Crippen LogP contribution is 2.27. The summed E-state index contributed by atoms with van der Waals surface area (Å²) in [4.78, 5) is 39.1. The number of nitrogens with zero attached hydrogens (tertiary/aromatic N) is 2. The summed E-state index contributed by atoms with van der Waals surface area (Å²) in [6, 6.07) is 22.5. The van der Waals surface area contributed by atoms with Crippen LogP contribution in [-0.4, -0.2) is 17.8 Å². The Bertz CT molecular complexity index is 1390. The summed E-state index contributed by atoms with van der Waals surface area (Å²) >= 11 is 0. The lowest BCUT2D eigenvalue weighted by Gasteiger charge is -2.27. The number of carbonyl (C=O) groups excluding carboxylic acids is 3. The summed E-state index contributed by atoms with van der Waals surface area (Å²) in [6.45, 7) is 6.45. The first-order valence-corrected chi connectivity index (χ1v) is 11.4. The number of nitriles is 1. The molecule has 0 unspecified atom stereocenters. The molecule has 1 aliphatic rings. The number of urea groups is 1. The number of anilines is 1. The van der Waals surface area contributed by atoms with Gasteiger partial charge in [0.2, 0.25) is 0 Å². The van der Waals surface area contributed by atoms with Gasteiger partial charge in [0.05, 0.1) is 17.3 Å². The summed E-state index contributed by atoms with van der Waals surface area (Å²) in [5, 5.41) is 11.4.